The van der Waals surface area contributed by atoms with Crippen molar-refractivity contribution < 1.29 is 19.0 Å². The van der Waals surface area contributed by atoms with Crippen LogP contribution in [0.25, 0.3) is 0 Å². The molecule has 1 aliphatic rings. The first-order chi connectivity index (χ1) is 16.4. The molecule has 8 heteroatoms. The SMILES string of the molecule is COCC1CCCN(C(=O)C(CN)Cc2ccc(OCCOc3c(Cl)cc(C)cc3Cl)cc2)C1. The number of hydrogen-bond donors (Lipinski definition) is 1. The predicted octanol–water partition coefficient (Wildman–Crippen LogP) is 4.76. The monoisotopic (exact) mass is 508 g/mol. The number of nitrogens with zero attached hydrogens (tertiary/aromatic N) is 1. The van der Waals surface area contributed by atoms with Gasteiger partial charge in [0.1, 0.15) is 19.0 Å². The number of nitrogens with two attached hydrogens (primary N) is 1. The summed E-state index contributed by atoms with van der Waals surface area (Å²) in [6.07, 6.45) is 2.71. The molecule has 34 heavy (non-hydrogen) atoms. The lowest BCUT2D eigenvalue weighted by atomic mass is 9.94. The number of carbonyl (C=O) groups excluding carboxylic acids is 1. The van der Waals surface area contributed by atoms with E-state index in [2.05, 4.69) is 0 Å². The second-order valence-corrected chi connectivity index (χ2v) is 9.60. The van der Waals surface area contributed by atoms with Gasteiger partial charge in [0, 0.05) is 26.7 Å². The second-order valence-electron chi connectivity index (χ2n) is 8.78. The van der Waals surface area contributed by atoms with Crippen molar-refractivity contribution in [3.63, 3.8) is 0 Å². The molecule has 1 amide bonds. The molecule has 186 valence electrons. The Balaban J connectivity index is 1.47. The fourth-order valence-corrected chi connectivity index (χ4v) is 5.01. The van der Waals surface area contributed by atoms with Crippen LogP contribution in [-0.2, 0) is 16.0 Å². The van der Waals surface area contributed by atoms with Crippen molar-refractivity contribution in [2.75, 3.05) is 46.6 Å². The number of carbonyl (C=O) groups is 1. The highest BCUT2D eigenvalue weighted by atomic mass is 35.5. The number of piperidine rings is 1. The molecule has 2 aromatic carbocycles. The maximum Gasteiger partial charge on any atom is 0.227 e. The van der Waals surface area contributed by atoms with Gasteiger partial charge in [0.25, 0.3) is 0 Å². The van der Waals surface area contributed by atoms with Gasteiger partial charge in [0.2, 0.25) is 5.91 Å². The fourth-order valence-electron chi connectivity index (χ4n) is 4.30. The lowest BCUT2D eigenvalue weighted by Crippen LogP contribution is -2.46. The summed E-state index contributed by atoms with van der Waals surface area (Å²) in [5.41, 5.74) is 8.01. The maximum absolute atomic E-state index is 13.1. The maximum atomic E-state index is 13.1. The molecule has 0 aliphatic carbocycles. The van der Waals surface area contributed by atoms with Crippen LogP contribution >= 0.6 is 23.2 Å². The van der Waals surface area contributed by atoms with Gasteiger partial charge in [-0.2, -0.15) is 0 Å². The first-order valence-corrected chi connectivity index (χ1v) is 12.4. The van der Waals surface area contributed by atoms with Gasteiger partial charge in [-0.05, 0) is 67.5 Å². The summed E-state index contributed by atoms with van der Waals surface area (Å²) in [4.78, 5) is 15.0. The Bertz CT molecular complexity index is 914. The molecular weight excluding hydrogens is 475 g/mol. The Morgan fingerprint density at radius 3 is 2.47 bits per heavy atom. The van der Waals surface area contributed by atoms with E-state index < -0.39 is 0 Å². The molecule has 0 saturated carbocycles. The topological polar surface area (TPSA) is 74.0 Å². The molecule has 6 nitrogen and oxygen atoms in total. The van der Waals surface area contributed by atoms with Crippen LogP contribution in [0, 0.1) is 18.8 Å². The number of aryl methyl sites for hydroxylation is 1. The third-order valence-electron chi connectivity index (χ3n) is 6.01. The van der Waals surface area contributed by atoms with E-state index in [0.29, 0.717) is 54.5 Å². The minimum atomic E-state index is -0.231. The summed E-state index contributed by atoms with van der Waals surface area (Å²) in [5, 5.41) is 0.967. The molecule has 3 rings (SSSR count). The molecule has 2 atom stereocenters. The van der Waals surface area contributed by atoms with E-state index >= 15 is 0 Å². The number of amides is 1. The minimum Gasteiger partial charge on any atom is -0.490 e. The second kappa shape index (κ2) is 13.2. The van der Waals surface area contributed by atoms with E-state index in [1.54, 1.807) is 7.11 Å². The van der Waals surface area contributed by atoms with Crippen molar-refractivity contribution in [3.8, 4) is 11.5 Å². The Labute approximate surface area is 212 Å². The van der Waals surface area contributed by atoms with Gasteiger partial charge in [-0.25, -0.2) is 0 Å². The summed E-state index contributed by atoms with van der Waals surface area (Å²) in [6, 6.07) is 11.4. The van der Waals surface area contributed by atoms with Gasteiger partial charge < -0.3 is 24.8 Å². The van der Waals surface area contributed by atoms with Gasteiger partial charge in [-0.15, -0.1) is 0 Å². The molecule has 0 radical (unpaired) electrons. The van der Waals surface area contributed by atoms with Gasteiger partial charge in [-0.3, -0.25) is 4.79 Å². The molecule has 0 aromatic heterocycles. The van der Waals surface area contributed by atoms with Gasteiger partial charge in [-0.1, -0.05) is 35.3 Å². The molecule has 1 saturated heterocycles. The Kier molecular flexibility index (Phi) is 10.3. The van der Waals surface area contributed by atoms with E-state index in [9.17, 15) is 4.79 Å². The number of rotatable bonds is 11. The van der Waals surface area contributed by atoms with Crippen molar-refractivity contribution in [2.24, 2.45) is 17.6 Å². The van der Waals surface area contributed by atoms with Crippen LogP contribution in [0.2, 0.25) is 10.0 Å². The quantitative estimate of drug-likeness (QED) is 0.442. The molecule has 0 bridgehead atoms. The normalized spacial score (nSPS) is 16.9. The summed E-state index contributed by atoms with van der Waals surface area (Å²) in [6.45, 7) is 5.14. The van der Waals surface area contributed by atoms with Crippen molar-refractivity contribution in [1.82, 2.24) is 4.90 Å². The first kappa shape index (κ1) is 26.6. The largest absolute Gasteiger partial charge is 0.490 e. The Morgan fingerprint density at radius 1 is 1.15 bits per heavy atom. The average Bonchev–Trinajstić information content (AvgIpc) is 2.82. The first-order valence-electron chi connectivity index (χ1n) is 11.7. The van der Waals surface area contributed by atoms with Crippen LogP contribution in [0.1, 0.15) is 24.0 Å². The molecule has 1 fully saturated rings. The Morgan fingerprint density at radius 2 is 1.82 bits per heavy atom. The number of benzene rings is 2. The van der Waals surface area contributed by atoms with Crippen molar-refractivity contribution >= 4 is 29.1 Å². The lowest BCUT2D eigenvalue weighted by molar-refractivity contribution is -0.137. The fraction of sp³-hybridized carbons (Fsp3) is 0.500. The number of hydrogen-bond acceptors (Lipinski definition) is 5. The van der Waals surface area contributed by atoms with Crippen LogP contribution in [0.5, 0.6) is 11.5 Å². The lowest BCUT2D eigenvalue weighted by Gasteiger charge is -2.34. The zero-order chi connectivity index (χ0) is 24.5. The van der Waals surface area contributed by atoms with Crippen LogP contribution in [0.15, 0.2) is 36.4 Å². The van der Waals surface area contributed by atoms with Crippen molar-refractivity contribution in [3.05, 3.63) is 57.6 Å². The van der Waals surface area contributed by atoms with E-state index in [-0.39, 0.29) is 11.8 Å². The molecule has 1 aliphatic heterocycles. The van der Waals surface area contributed by atoms with Gasteiger partial charge in [0.05, 0.1) is 22.6 Å². The van der Waals surface area contributed by atoms with E-state index in [4.69, 9.17) is 43.1 Å². The summed E-state index contributed by atoms with van der Waals surface area (Å²) in [7, 11) is 1.71. The van der Waals surface area contributed by atoms with Crippen molar-refractivity contribution in [1.29, 1.82) is 0 Å². The molecule has 2 aromatic rings. The number of likely N-dealkylation sites (tertiary alicyclic amines) is 1. The molecule has 1 heterocycles. The Hall–Kier alpha value is -1.99. The number of methoxy groups -OCH3 is 1. The van der Waals surface area contributed by atoms with Crippen LogP contribution < -0.4 is 15.2 Å². The third-order valence-corrected chi connectivity index (χ3v) is 6.57. The average molecular weight is 509 g/mol. The third kappa shape index (κ3) is 7.51. The van der Waals surface area contributed by atoms with E-state index in [1.165, 1.54) is 0 Å². The van der Waals surface area contributed by atoms with Crippen LogP contribution in [-0.4, -0.2) is 57.4 Å². The highest BCUT2D eigenvalue weighted by Crippen LogP contribution is 2.34. The van der Waals surface area contributed by atoms with Crippen LogP contribution in [0.3, 0.4) is 0 Å². The zero-order valence-electron chi connectivity index (χ0n) is 19.9. The van der Waals surface area contributed by atoms with E-state index in [0.717, 1.165) is 42.8 Å². The molecule has 0 spiro atoms. The zero-order valence-corrected chi connectivity index (χ0v) is 21.4. The van der Waals surface area contributed by atoms with Crippen molar-refractivity contribution in [2.45, 2.75) is 26.2 Å². The summed E-state index contributed by atoms with van der Waals surface area (Å²) in [5.74, 6) is 1.49. The molecular formula is C26H34Cl2N2O4. The van der Waals surface area contributed by atoms with Crippen LogP contribution in [0.4, 0.5) is 0 Å². The van der Waals surface area contributed by atoms with E-state index in [1.807, 2.05) is 48.2 Å². The molecule has 2 N–H and O–H groups in total. The summed E-state index contributed by atoms with van der Waals surface area (Å²) >= 11 is 12.4. The minimum absolute atomic E-state index is 0.134. The smallest absolute Gasteiger partial charge is 0.227 e. The highest BCUT2D eigenvalue weighted by Gasteiger charge is 2.28. The highest BCUT2D eigenvalue weighted by molar-refractivity contribution is 6.37. The standard InChI is InChI=1S/C26H34Cl2N2O4/c1-18-12-23(27)25(24(28)13-18)34-11-10-33-22-7-5-19(6-8-22)14-21(15-29)26(31)30-9-3-4-20(16-30)17-32-2/h5-8,12-13,20-21H,3-4,9-11,14-17,29H2,1-2H3. The summed E-state index contributed by atoms with van der Waals surface area (Å²) < 4.78 is 16.7. The molecule has 2 unspecified atom stereocenters. The number of ether oxygens (including phenoxy) is 3. The van der Waals surface area contributed by atoms with Gasteiger partial charge >= 0.3 is 0 Å². The number of halogens is 2. The predicted molar refractivity (Wildman–Crippen MR) is 136 cm³/mol. The van der Waals surface area contributed by atoms with Gasteiger partial charge in [0.15, 0.2) is 5.75 Å².